The standard InChI is InChI=1S/C18H22N2O3S/c1-18(23,15-10-12-6-2-5-9-14(12)24-15)11-19-16(21)17(22)20-13-7-3-4-8-13/h2,5-6,9-10,13,23H,3-4,7-8,11H2,1H3,(H,19,21)(H,20,22)/t18-/m0/s1. The van der Waals surface area contributed by atoms with Crippen molar-refractivity contribution >= 4 is 33.2 Å². The van der Waals surface area contributed by atoms with Gasteiger partial charge in [-0.15, -0.1) is 11.3 Å². The Hall–Kier alpha value is -1.92. The maximum absolute atomic E-state index is 12.0. The summed E-state index contributed by atoms with van der Waals surface area (Å²) in [5.74, 6) is -1.31. The smallest absolute Gasteiger partial charge is 0.309 e. The van der Waals surface area contributed by atoms with E-state index < -0.39 is 17.4 Å². The topological polar surface area (TPSA) is 78.4 Å². The molecular weight excluding hydrogens is 324 g/mol. The van der Waals surface area contributed by atoms with Crippen molar-refractivity contribution in [2.24, 2.45) is 0 Å². The molecular formula is C18H22N2O3S. The number of benzene rings is 1. The number of nitrogens with one attached hydrogen (secondary N) is 2. The number of carbonyl (C=O) groups is 2. The Labute approximate surface area is 145 Å². The van der Waals surface area contributed by atoms with Crippen molar-refractivity contribution in [3.8, 4) is 0 Å². The highest BCUT2D eigenvalue weighted by Gasteiger charge is 2.28. The number of fused-ring (bicyclic) bond motifs is 1. The van der Waals surface area contributed by atoms with E-state index in [1.165, 1.54) is 11.3 Å². The van der Waals surface area contributed by atoms with E-state index in [9.17, 15) is 14.7 Å². The highest BCUT2D eigenvalue weighted by Crippen LogP contribution is 2.32. The van der Waals surface area contributed by atoms with Crippen molar-refractivity contribution in [1.29, 1.82) is 0 Å². The highest BCUT2D eigenvalue weighted by atomic mass is 32.1. The first-order valence-corrected chi connectivity index (χ1v) is 9.07. The molecule has 0 spiro atoms. The van der Waals surface area contributed by atoms with E-state index >= 15 is 0 Å². The number of carbonyl (C=O) groups excluding carboxylic acids is 2. The third-order valence-electron chi connectivity index (χ3n) is 4.45. The number of rotatable bonds is 4. The zero-order valence-electron chi connectivity index (χ0n) is 13.7. The molecule has 1 aromatic heterocycles. The first-order valence-electron chi connectivity index (χ1n) is 8.26. The zero-order valence-corrected chi connectivity index (χ0v) is 14.5. The van der Waals surface area contributed by atoms with Crippen molar-refractivity contribution in [3.63, 3.8) is 0 Å². The van der Waals surface area contributed by atoms with E-state index in [1.54, 1.807) is 6.92 Å². The lowest BCUT2D eigenvalue weighted by atomic mass is 10.0. The molecule has 2 amide bonds. The molecule has 1 fully saturated rings. The summed E-state index contributed by atoms with van der Waals surface area (Å²) in [7, 11) is 0. The van der Waals surface area contributed by atoms with Crippen LogP contribution in [-0.4, -0.2) is 29.5 Å². The molecule has 0 aliphatic heterocycles. The molecule has 3 rings (SSSR count). The number of amides is 2. The van der Waals surface area contributed by atoms with E-state index in [0.717, 1.165) is 40.6 Å². The molecule has 1 aliphatic carbocycles. The molecule has 5 nitrogen and oxygen atoms in total. The molecule has 1 aromatic carbocycles. The Kier molecular flexibility index (Phi) is 4.87. The van der Waals surface area contributed by atoms with Gasteiger partial charge in [-0.1, -0.05) is 31.0 Å². The second kappa shape index (κ2) is 6.91. The molecule has 24 heavy (non-hydrogen) atoms. The third kappa shape index (κ3) is 3.76. The van der Waals surface area contributed by atoms with Crippen molar-refractivity contribution in [2.75, 3.05) is 6.54 Å². The molecule has 1 saturated carbocycles. The van der Waals surface area contributed by atoms with Gasteiger partial charge in [-0.2, -0.15) is 0 Å². The van der Waals surface area contributed by atoms with Gasteiger partial charge in [0.2, 0.25) is 0 Å². The fraction of sp³-hybridized carbons (Fsp3) is 0.444. The van der Waals surface area contributed by atoms with Crippen LogP contribution in [-0.2, 0) is 15.2 Å². The molecule has 128 valence electrons. The van der Waals surface area contributed by atoms with E-state index in [2.05, 4.69) is 10.6 Å². The Morgan fingerprint density at radius 1 is 1.25 bits per heavy atom. The van der Waals surface area contributed by atoms with E-state index in [-0.39, 0.29) is 12.6 Å². The molecule has 1 aliphatic rings. The van der Waals surface area contributed by atoms with Gasteiger partial charge in [-0.05, 0) is 37.3 Å². The monoisotopic (exact) mass is 346 g/mol. The Balaban J connectivity index is 1.59. The van der Waals surface area contributed by atoms with Crippen LogP contribution in [0.3, 0.4) is 0 Å². The molecule has 6 heteroatoms. The summed E-state index contributed by atoms with van der Waals surface area (Å²) in [5.41, 5.74) is -1.22. The molecule has 1 atom stereocenters. The summed E-state index contributed by atoms with van der Waals surface area (Å²) < 4.78 is 1.08. The van der Waals surface area contributed by atoms with Gasteiger partial charge < -0.3 is 15.7 Å². The van der Waals surface area contributed by atoms with Gasteiger partial charge in [0.15, 0.2) is 0 Å². The lowest BCUT2D eigenvalue weighted by molar-refractivity contribution is -0.140. The van der Waals surface area contributed by atoms with Gasteiger partial charge in [0.05, 0.1) is 6.54 Å². The van der Waals surface area contributed by atoms with Gasteiger partial charge in [-0.25, -0.2) is 0 Å². The second-order valence-electron chi connectivity index (χ2n) is 6.56. The molecule has 0 saturated heterocycles. The van der Waals surface area contributed by atoms with Crippen LogP contribution in [0.4, 0.5) is 0 Å². The fourth-order valence-corrected chi connectivity index (χ4v) is 4.09. The summed E-state index contributed by atoms with van der Waals surface area (Å²) in [4.78, 5) is 24.6. The molecule has 1 heterocycles. The molecule has 2 aromatic rings. The van der Waals surface area contributed by atoms with Crippen LogP contribution in [0.15, 0.2) is 30.3 Å². The zero-order chi connectivity index (χ0) is 17.2. The maximum Gasteiger partial charge on any atom is 0.309 e. The van der Waals surface area contributed by atoms with Crippen LogP contribution in [0.5, 0.6) is 0 Å². The second-order valence-corrected chi connectivity index (χ2v) is 7.64. The molecule has 0 unspecified atom stereocenters. The van der Waals surface area contributed by atoms with Crippen LogP contribution < -0.4 is 10.6 Å². The number of hydrogen-bond acceptors (Lipinski definition) is 4. The quantitative estimate of drug-likeness (QED) is 0.743. The minimum atomic E-state index is -1.22. The van der Waals surface area contributed by atoms with Gasteiger partial charge in [0.1, 0.15) is 5.60 Å². The van der Waals surface area contributed by atoms with Crippen LogP contribution >= 0.6 is 11.3 Å². The number of hydrogen-bond donors (Lipinski definition) is 3. The summed E-state index contributed by atoms with van der Waals surface area (Å²) in [6, 6.07) is 9.90. The number of thiophene rings is 1. The van der Waals surface area contributed by atoms with Gasteiger partial charge in [0, 0.05) is 15.6 Å². The van der Waals surface area contributed by atoms with Crippen LogP contribution in [0.2, 0.25) is 0 Å². The predicted molar refractivity (Wildman–Crippen MR) is 94.8 cm³/mol. The predicted octanol–water partition coefficient (Wildman–Crippen LogP) is 2.28. The number of aliphatic hydroxyl groups is 1. The Bertz CT molecular complexity index is 715. The lowest BCUT2D eigenvalue weighted by Gasteiger charge is -2.22. The minimum Gasteiger partial charge on any atom is -0.383 e. The average molecular weight is 346 g/mol. The van der Waals surface area contributed by atoms with Crippen molar-refractivity contribution in [1.82, 2.24) is 10.6 Å². The molecule has 0 radical (unpaired) electrons. The van der Waals surface area contributed by atoms with E-state index in [0.29, 0.717) is 0 Å². The summed E-state index contributed by atoms with van der Waals surface area (Å²) in [6.45, 7) is 1.64. The summed E-state index contributed by atoms with van der Waals surface area (Å²) in [5, 5.41) is 17.0. The largest absolute Gasteiger partial charge is 0.383 e. The van der Waals surface area contributed by atoms with Crippen LogP contribution in [0.1, 0.15) is 37.5 Å². The summed E-state index contributed by atoms with van der Waals surface area (Å²) >= 11 is 1.49. The Morgan fingerprint density at radius 3 is 2.67 bits per heavy atom. The van der Waals surface area contributed by atoms with E-state index in [4.69, 9.17) is 0 Å². The fourth-order valence-electron chi connectivity index (χ4n) is 2.99. The SMILES string of the molecule is C[C@](O)(CNC(=O)C(=O)NC1CCCC1)c1cc2ccccc2s1. The molecule has 3 N–H and O–H groups in total. The third-order valence-corrected chi connectivity index (χ3v) is 5.82. The Morgan fingerprint density at radius 2 is 1.96 bits per heavy atom. The van der Waals surface area contributed by atoms with Gasteiger partial charge >= 0.3 is 11.8 Å². The van der Waals surface area contributed by atoms with Crippen molar-refractivity contribution in [2.45, 2.75) is 44.2 Å². The lowest BCUT2D eigenvalue weighted by Crippen LogP contribution is -2.47. The first kappa shape index (κ1) is 16.9. The molecule has 0 bridgehead atoms. The first-order chi connectivity index (χ1) is 11.5. The van der Waals surface area contributed by atoms with E-state index in [1.807, 2.05) is 30.3 Å². The van der Waals surface area contributed by atoms with Crippen molar-refractivity contribution in [3.05, 3.63) is 35.2 Å². The van der Waals surface area contributed by atoms with Crippen LogP contribution in [0.25, 0.3) is 10.1 Å². The highest BCUT2D eigenvalue weighted by molar-refractivity contribution is 7.19. The summed E-state index contributed by atoms with van der Waals surface area (Å²) in [6.07, 6.45) is 4.04. The van der Waals surface area contributed by atoms with Crippen molar-refractivity contribution < 1.29 is 14.7 Å². The van der Waals surface area contributed by atoms with Gasteiger partial charge in [-0.3, -0.25) is 9.59 Å². The maximum atomic E-state index is 12.0. The van der Waals surface area contributed by atoms with Gasteiger partial charge in [0.25, 0.3) is 0 Å². The average Bonchev–Trinajstić information content (AvgIpc) is 3.21. The normalized spacial score (nSPS) is 17.6. The van der Waals surface area contributed by atoms with Crippen LogP contribution in [0, 0.1) is 0 Å². The minimum absolute atomic E-state index is 0.00323.